The van der Waals surface area contributed by atoms with Crippen molar-refractivity contribution in [1.82, 2.24) is 20.5 Å². The fourth-order valence-corrected chi connectivity index (χ4v) is 4.33. The van der Waals surface area contributed by atoms with Crippen LogP contribution in [0.2, 0.25) is 5.02 Å². The largest absolute Gasteiger partial charge is 0.357 e. The molecule has 1 aromatic heterocycles. The zero-order chi connectivity index (χ0) is 19.8. The van der Waals surface area contributed by atoms with Gasteiger partial charge in [-0.3, -0.25) is 4.90 Å². The molecule has 0 amide bonds. The van der Waals surface area contributed by atoms with Crippen molar-refractivity contribution in [3.05, 3.63) is 50.9 Å². The van der Waals surface area contributed by atoms with Crippen molar-refractivity contribution in [2.24, 2.45) is 10.9 Å². The Bertz CT molecular complexity index is 774. The number of rotatable bonds is 7. The Balaban J connectivity index is 0.00000300. The molecule has 8 heteroatoms. The van der Waals surface area contributed by atoms with Gasteiger partial charge in [-0.05, 0) is 57.3 Å². The van der Waals surface area contributed by atoms with Gasteiger partial charge in [-0.1, -0.05) is 29.8 Å². The van der Waals surface area contributed by atoms with E-state index in [1.54, 1.807) is 11.3 Å². The number of likely N-dealkylation sites (tertiary alicyclic amines) is 1. The molecule has 1 aliphatic heterocycles. The Kier molecular flexibility index (Phi) is 10.7. The van der Waals surface area contributed by atoms with E-state index in [9.17, 15) is 0 Å². The highest BCUT2D eigenvalue weighted by atomic mass is 127. The SMILES string of the molecule is CCNC(=NCc1ncc(C)s1)NCC1CCN(Cc2ccccc2Cl)CC1.I. The first kappa shape index (κ1) is 24.4. The van der Waals surface area contributed by atoms with Gasteiger partial charge in [0.25, 0.3) is 0 Å². The number of hydrogen-bond acceptors (Lipinski definition) is 4. The molecule has 1 saturated heterocycles. The summed E-state index contributed by atoms with van der Waals surface area (Å²) in [4.78, 5) is 12.8. The van der Waals surface area contributed by atoms with Gasteiger partial charge in [0, 0.05) is 35.7 Å². The number of nitrogens with one attached hydrogen (secondary N) is 2. The molecule has 0 bridgehead atoms. The lowest BCUT2D eigenvalue weighted by Crippen LogP contribution is -2.42. The van der Waals surface area contributed by atoms with Crippen LogP contribution < -0.4 is 10.6 Å². The second kappa shape index (κ2) is 12.7. The third kappa shape index (κ3) is 8.03. The van der Waals surface area contributed by atoms with Gasteiger partial charge in [-0.2, -0.15) is 0 Å². The Labute approximate surface area is 200 Å². The second-order valence-corrected chi connectivity index (χ2v) is 8.98. The fraction of sp³-hybridized carbons (Fsp3) is 0.524. The number of aliphatic imine (C=N–C) groups is 1. The predicted octanol–water partition coefficient (Wildman–Crippen LogP) is 4.69. The maximum Gasteiger partial charge on any atom is 0.191 e. The molecule has 1 fully saturated rings. The summed E-state index contributed by atoms with van der Waals surface area (Å²) in [5.74, 6) is 1.56. The summed E-state index contributed by atoms with van der Waals surface area (Å²) in [7, 11) is 0. The van der Waals surface area contributed by atoms with Gasteiger partial charge < -0.3 is 10.6 Å². The van der Waals surface area contributed by atoms with E-state index in [4.69, 9.17) is 11.6 Å². The maximum absolute atomic E-state index is 6.30. The average molecular weight is 548 g/mol. The summed E-state index contributed by atoms with van der Waals surface area (Å²) in [5.41, 5.74) is 1.22. The summed E-state index contributed by atoms with van der Waals surface area (Å²) in [5, 5.41) is 8.78. The molecule has 0 saturated carbocycles. The first-order valence-corrected chi connectivity index (χ1v) is 11.2. The number of guanidine groups is 1. The third-order valence-corrected chi connectivity index (χ3v) is 6.27. The standard InChI is InChI=1S/C21H30ClN5S.HI/c1-3-23-21(26-14-20-24-12-16(2)28-20)25-13-17-8-10-27(11-9-17)15-18-6-4-5-7-19(18)22;/h4-7,12,17H,3,8-11,13-15H2,1-2H3,(H2,23,25,26);1H. The molecule has 2 heterocycles. The van der Waals surface area contributed by atoms with E-state index in [0.29, 0.717) is 12.5 Å². The smallest absolute Gasteiger partial charge is 0.191 e. The molecule has 29 heavy (non-hydrogen) atoms. The molecule has 2 aromatic rings. The molecule has 1 aliphatic rings. The minimum absolute atomic E-state index is 0. The van der Waals surface area contributed by atoms with Gasteiger partial charge in [-0.25, -0.2) is 9.98 Å². The van der Waals surface area contributed by atoms with Crippen molar-refractivity contribution in [3.63, 3.8) is 0 Å². The van der Waals surface area contributed by atoms with Gasteiger partial charge in [0.1, 0.15) is 5.01 Å². The highest BCUT2D eigenvalue weighted by Crippen LogP contribution is 2.22. The zero-order valence-electron chi connectivity index (χ0n) is 17.2. The highest BCUT2D eigenvalue weighted by Gasteiger charge is 2.20. The van der Waals surface area contributed by atoms with Gasteiger partial charge in [0.15, 0.2) is 5.96 Å². The lowest BCUT2D eigenvalue weighted by Gasteiger charge is -2.32. The molecule has 0 radical (unpaired) electrons. The Morgan fingerprint density at radius 3 is 2.69 bits per heavy atom. The number of thiazole rings is 1. The maximum atomic E-state index is 6.30. The van der Waals surface area contributed by atoms with Crippen LogP contribution in [-0.4, -0.2) is 42.0 Å². The molecule has 0 unspecified atom stereocenters. The number of aromatic nitrogens is 1. The van der Waals surface area contributed by atoms with E-state index in [1.807, 2.05) is 18.3 Å². The van der Waals surface area contributed by atoms with Crippen LogP contribution in [0.3, 0.4) is 0 Å². The Morgan fingerprint density at radius 1 is 1.28 bits per heavy atom. The lowest BCUT2D eigenvalue weighted by molar-refractivity contribution is 0.178. The van der Waals surface area contributed by atoms with E-state index in [2.05, 4.69) is 51.5 Å². The minimum Gasteiger partial charge on any atom is -0.357 e. The van der Waals surface area contributed by atoms with Gasteiger partial charge in [0.05, 0.1) is 6.54 Å². The molecule has 0 spiro atoms. The van der Waals surface area contributed by atoms with Crippen molar-refractivity contribution in [2.45, 2.75) is 39.8 Å². The zero-order valence-corrected chi connectivity index (χ0v) is 21.1. The van der Waals surface area contributed by atoms with Crippen LogP contribution >= 0.6 is 46.9 Å². The summed E-state index contributed by atoms with van der Waals surface area (Å²) in [6.07, 6.45) is 4.30. The second-order valence-electron chi connectivity index (χ2n) is 7.25. The molecule has 5 nitrogen and oxygen atoms in total. The summed E-state index contributed by atoms with van der Waals surface area (Å²) >= 11 is 8.01. The summed E-state index contributed by atoms with van der Waals surface area (Å²) in [6, 6.07) is 8.15. The molecular formula is C21H31ClIN5S. The monoisotopic (exact) mass is 547 g/mol. The van der Waals surface area contributed by atoms with Crippen LogP contribution in [0.1, 0.15) is 35.2 Å². The van der Waals surface area contributed by atoms with Crippen LogP contribution in [0.4, 0.5) is 0 Å². The quantitative estimate of drug-likeness (QED) is 0.300. The highest BCUT2D eigenvalue weighted by molar-refractivity contribution is 14.0. The molecule has 0 atom stereocenters. The number of piperidine rings is 1. The Morgan fingerprint density at radius 2 is 2.03 bits per heavy atom. The van der Waals surface area contributed by atoms with Crippen LogP contribution in [0, 0.1) is 12.8 Å². The normalized spacial score (nSPS) is 15.8. The first-order valence-electron chi connectivity index (χ1n) is 10.0. The van der Waals surface area contributed by atoms with E-state index in [1.165, 1.54) is 23.3 Å². The Hall–Kier alpha value is -0.900. The molecule has 2 N–H and O–H groups in total. The molecule has 3 rings (SSSR count). The molecule has 1 aromatic carbocycles. The third-order valence-electron chi connectivity index (χ3n) is 5.00. The van der Waals surface area contributed by atoms with Gasteiger partial charge >= 0.3 is 0 Å². The molecular weight excluding hydrogens is 517 g/mol. The number of aryl methyl sites for hydroxylation is 1. The summed E-state index contributed by atoms with van der Waals surface area (Å²) in [6.45, 7) is 9.79. The van der Waals surface area contributed by atoms with Crippen molar-refractivity contribution in [1.29, 1.82) is 0 Å². The summed E-state index contributed by atoms with van der Waals surface area (Å²) < 4.78 is 0. The van der Waals surface area contributed by atoms with Crippen molar-refractivity contribution < 1.29 is 0 Å². The first-order chi connectivity index (χ1) is 13.6. The van der Waals surface area contributed by atoms with Crippen LogP contribution in [-0.2, 0) is 13.1 Å². The van der Waals surface area contributed by atoms with E-state index in [-0.39, 0.29) is 24.0 Å². The number of halogens is 2. The van der Waals surface area contributed by atoms with Crippen molar-refractivity contribution in [3.8, 4) is 0 Å². The predicted molar refractivity (Wildman–Crippen MR) is 135 cm³/mol. The van der Waals surface area contributed by atoms with E-state index < -0.39 is 0 Å². The number of benzene rings is 1. The fourth-order valence-electron chi connectivity index (χ4n) is 3.42. The number of nitrogens with zero attached hydrogens (tertiary/aromatic N) is 3. The lowest BCUT2D eigenvalue weighted by atomic mass is 9.96. The average Bonchev–Trinajstić information content (AvgIpc) is 3.12. The van der Waals surface area contributed by atoms with Crippen LogP contribution in [0.25, 0.3) is 0 Å². The van der Waals surface area contributed by atoms with Gasteiger partial charge in [-0.15, -0.1) is 35.3 Å². The van der Waals surface area contributed by atoms with Gasteiger partial charge in [0.2, 0.25) is 0 Å². The molecule has 160 valence electrons. The van der Waals surface area contributed by atoms with E-state index in [0.717, 1.165) is 48.7 Å². The molecule has 0 aliphatic carbocycles. The number of hydrogen-bond donors (Lipinski definition) is 2. The van der Waals surface area contributed by atoms with Crippen molar-refractivity contribution in [2.75, 3.05) is 26.2 Å². The topological polar surface area (TPSA) is 52.6 Å². The van der Waals surface area contributed by atoms with E-state index >= 15 is 0 Å². The van der Waals surface area contributed by atoms with Crippen molar-refractivity contribution >= 4 is 52.9 Å². The minimum atomic E-state index is 0. The van der Waals surface area contributed by atoms with Crippen LogP contribution in [0.5, 0.6) is 0 Å². The van der Waals surface area contributed by atoms with Crippen LogP contribution in [0.15, 0.2) is 35.5 Å².